The number of rotatable bonds is 3. The molecule has 0 spiro atoms. The van der Waals surface area contributed by atoms with Gasteiger partial charge >= 0.3 is 0 Å². The van der Waals surface area contributed by atoms with E-state index in [9.17, 15) is 0 Å². The second-order valence-electron chi connectivity index (χ2n) is 3.73. The predicted octanol–water partition coefficient (Wildman–Crippen LogP) is 3.65. The van der Waals surface area contributed by atoms with E-state index in [2.05, 4.69) is 61.5 Å². The zero-order valence-electron chi connectivity index (χ0n) is 8.82. The lowest BCUT2D eigenvalue weighted by Gasteiger charge is -2.02. The molecule has 75 valence electrons. The molecular formula is C15H15. The Labute approximate surface area is 91.6 Å². The molecule has 1 radical (unpaired) electrons. The van der Waals surface area contributed by atoms with Crippen molar-refractivity contribution in [3.05, 3.63) is 78.2 Å². The second-order valence-corrected chi connectivity index (χ2v) is 3.73. The summed E-state index contributed by atoms with van der Waals surface area (Å²) in [4.78, 5) is 0. The van der Waals surface area contributed by atoms with Crippen LogP contribution in [0.3, 0.4) is 0 Å². The summed E-state index contributed by atoms with van der Waals surface area (Å²) in [5.41, 5.74) is 4.02. The molecule has 0 aliphatic carbocycles. The predicted molar refractivity (Wildman–Crippen MR) is 64.8 cm³/mol. The van der Waals surface area contributed by atoms with E-state index in [-0.39, 0.29) is 0 Å². The zero-order valence-corrected chi connectivity index (χ0v) is 8.82. The molecule has 0 heterocycles. The summed E-state index contributed by atoms with van der Waals surface area (Å²) in [6.45, 7) is 3.87. The van der Waals surface area contributed by atoms with Gasteiger partial charge in [0.1, 0.15) is 0 Å². The minimum atomic E-state index is 0.867. The van der Waals surface area contributed by atoms with E-state index in [1.807, 2.05) is 0 Å². The minimum absolute atomic E-state index is 0.867. The summed E-state index contributed by atoms with van der Waals surface area (Å²) in [5.74, 6) is 0. The first-order valence-corrected chi connectivity index (χ1v) is 5.29. The highest BCUT2D eigenvalue weighted by Crippen LogP contribution is 2.10. The van der Waals surface area contributed by atoms with Crippen LogP contribution in [0, 0.1) is 6.92 Å². The normalized spacial score (nSPS) is 10.2. The van der Waals surface area contributed by atoms with Gasteiger partial charge in [0.05, 0.1) is 0 Å². The standard InChI is InChI=1S/C15H15/c1-2-13-8-10-15(11-9-13)12-14-6-4-3-5-7-14/h3-11H,1-2,12H2. The molecule has 0 aliphatic heterocycles. The van der Waals surface area contributed by atoms with E-state index in [4.69, 9.17) is 0 Å². The summed E-state index contributed by atoms with van der Waals surface area (Å²) in [6.07, 6.45) is 1.88. The summed E-state index contributed by atoms with van der Waals surface area (Å²) in [5, 5.41) is 0. The molecule has 0 heteroatoms. The fourth-order valence-corrected chi connectivity index (χ4v) is 1.66. The highest BCUT2D eigenvalue weighted by Gasteiger charge is 1.95. The molecule has 2 aromatic rings. The number of hydrogen-bond acceptors (Lipinski definition) is 0. The molecule has 2 rings (SSSR count). The van der Waals surface area contributed by atoms with E-state index in [0.29, 0.717) is 0 Å². The second kappa shape index (κ2) is 4.79. The molecule has 0 bridgehead atoms. The molecule has 15 heavy (non-hydrogen) atoms. The molecule has 0 unspecified atom stereocenters. The number of benzene rings is 2. The van der Waals surface area contributed by atoms with Crippen LogP contribution < -0.4 is 0 Å². The Bertz CT molecular complexity index is 398. The van der Waals surface area contributed by atoms with Crippen molar-refractivity contribution < 1.29 is 0 Å². The van der Waals surface area contributed by atoms with E-state index in [1.54, 1.807) is 0 Å². The SMILES string of the molecule is [CH2]Cc1ccc(Cc2ccccc2)cc1. The Morgan fingerprint density at radius 2 is 1.20 bits per heavy atom. The van der Waals surface area contributed by atoms with Gasteiger partial charge in [-0.05, 0) is 36.5 Å². The van der Waals surface area contributed by atoms with Crippen molar-refractivity contribution in [3.8, 4) is 0 Å². The van der Waals surface area contributed by atoms with Gasteiger partial charge in [0, 0.05) is 0 Å². The molecule has 2 aromatic carbocycles. The van der Waals surface area contributed by atoms with Gasteiger partial charge in [0.2, 0.25) is 0 Å². The maximum absolute atomic E-state index is 3.87. The smallest absolute Gasteiger partial charge is 0.00258 e. The third-order valence-electron chi connectivity index (χ3n) is 2.56. The van der Waals surface area contributed by atoms with E-state index < -0.39 is 0 Å². The lowest BCUT2D eigenvalue weighted by Crippen LogP contribution is -1.88. The lowest BCUT2D eigenvalue weighted by atomic mass is 10.0. The Balaban J connectivity index is 2.11. The van der Waals surface area contributed by atoms with Crippen LogP contribution in [-0.4, -0.2) is 0 Å². The Kier molecular flexibility index (Phi) is 3.18. The Hall–Kier alpha value is -1.56. The molecule has 0 fully saturated rings. The zero-order chi connectivity index (χ0) is 10.5. The molecule has 0 saturated carbocycles. The van der Waals surface area contributed by atoms with Gasteiger partial charge in [-0.25, -0.2) is 0 Å². The molecule has 0 aromatic heterocycles. The highest BCUT2D eigenvalue weighted by atomic mass is 14.0. The summed E-state index contributed by atoms with van der Waals surface area (Å²) < 4.78 is 0. The molecule has 0 N–H and O–H groups in total. The van der Waals surface area contributed by atoms with Crippen LogP contribution in [0.1, 0.15) is 16.7 Å². The van der Waals surface area contributed by atoms with Crippen molar-refractivity contribution in [1.82, 2.24) is 0 Å². The topological polar surface area (TPSA) is 0 Å². The van der Waals surface area contributed by atoms with E-state index in [1.165, 1.54) is 16.7 Å². The molecule has 0 atom stereocenters. The summed E-state index contributed by atoms with van der Waals surface area (Å²) >= 11 is 0. The quantitative estimate of drug-likeness (QED) is 0.701. The van der Waals surface area contributed by atoms with Gasteiger partial charge in [-0.3, -0.25) is 0 Å². The third kappa shape index (κ3) is 2.69. The van der Waals surface area contributed by atoms with Crippen LogP contribution in [0.4, 0.5) is 0 Å². The van der Waals surface area contributed by atoms with Crippen molar-refractivity contribution in [3.63, 3.8) is 0 Å². The van der Waals surface area contributed by atoms with Gasteiger partial charge in [0.25, 0.3) is 0 Å². The largest absolute Gasteiger partial charge is 0.0622 e. The van der Waals surface area contributed by atoms with Crippen LogP contribution in [0.25, 0.3) is 0 Å². The Morgan fingerprint density at radius 1 is 0.667 bits per heavy atom. The van der Waals surface area contributed by atoms with Gasteiger partial charge < -0.3 is 0 Å². The van der Waals surface area contributed by atoms with Crippen LogP contribution in [-0.2, 0) is 12.8 Å². The van der Waals surface area contributed by atoms with Crippen molar-refractivity contribution in [2.45, 2.75) is 12.8 Å². The average Bonchev–Trinajstić information content (AvgIpc) is 2.31. The first-order valence-electron chi connectivity index (χ1n) is 5.29. The van der Waals surface area contributed by atoms with Crippen LogP contribution in [0.5, 0.6) is 0 Å². The molecule has 0 amide bonds. The van der Waals surface area contributed by atoms with E-state index in [0.717, 1.165) is 12.8 Å². The monoisotopic (exact) mass is 195 g/mol. The fraction of sp³-hybridized carbons (Fsp3) is 0.133. The van der Waals surface area contributed by atoms with Crippen LogP contribution in [0.2, 0.25) is 0 Å². The Morgan fingerprint density at radius 3 is 1.80 bits per heavy atom. The third-order valence-corrected chi connectivity index (χ3v) is 2.56. The summed E-state index contributed by atoms with van der Waals surface area (Å²) in [7, 11) is 0. The first-order chi connectivity index (χ1) is 7.38. The van der Waals surface area contributed by atoms with Crippen LogP contribution >= 0.6 is 0 Å². The minimum Gasteiger partial charge on any atom is -0.0622 e. The first kappa shape index (κ1) is 9.97. The number of hydrogen-bond donors (Lipinski definition) is 0. The van der Waals surface area contributed by atoms with Gasteiger partial charge in [-0.15, -0.1) is 0 Å². The maximum Gasteiger partial charge on any atom is -0.00258 e. The fourth-order valence-electron chi connectivity index (χ4n) is 1.66. The summed E-state index contributed by atoms with van der Waals surface area (Å²) in [6, 6.07) is 19.2. The maximum atomic E-state index is 3.87. The highest BCUT2D eigenvalue weighted by molar-refractivity contribution is 5.28. The van der Waals surface area contributed by atoms with Crippen molar-refractivity contribution in [2.75, 3.05) is 0 Å². The van der Waals surface area contributed by atoms with Crippen LogP contribution in [0.15, 0.2) is 54.6 Å². The van der Waals surface area contributed by atoms with E-state index >= 15 is 0 Å². The molecule has 0 aliphatic rings. The van der Waals surface area contributed by atoms with Gasteiger partial charge in [0.15, 0.2) is 0 Å². The van der Waals surface area contributed by atoms with Crippen molar-refractivity contribution in [1.29, 1.82) is 0 Å². The van der Waals surface area contributed by atoms with Crippen molar-refractivity contribution in [2.24, 2.45) is 0 Å². The molecular weight excluding hydrogens is 180 g/mol. The lowest BCUT2D eigenvalue weighted by molar-refractivity contribution is 1.17. The van der Waals surface area contributed by atoms with Crippen molar-refractivity contribution >= 4 is 0 Å². The molecule has 0 saturated heterocycles. The average molecular weight is 195 g/mol. The van der Waals surface area contributed by atoms with Gasteiger partial charge in [-0.1, -0.05) is 54.6 Å². The van der Waals surface area contributed by atoms with Gasteiger partial charge in [-0.2, -0.15) is 0 Å². The molecule has 0 nitrogen and oxygen atoms in total.